The molecule has 0 radical (unpaired) electrons. The van der Waals surface area contributed by atoms with Crippen molar-refractivity contribution in [3.8, 4) is 0 Å². The molecule has 0 aromatic carbocycles. The van der Waals surface area contributed by atoms with E-state index in [0.717, 1.165) is 5.75 Å². The van der Waals surface area contributed by atoms with Crippen LogP contribution in [0.4, 0.5) is 0 Å². The highest BCUT2D eigenvalue weighted by Gasteiger charge is 2.31. The first kappa shape index (κ1) is 27.0. The van der Waals surface area contributed by atoms with E-state index in [1.54, 1.807) is 13.0 Å². The Balaban J connectivity index is 2.45. The Labute approximate surface area is 201 Å². The molecule has 2 aliphatic heterocycles. The van der Waals surface area contributed by atoms with Gasteiger partial charge in [0.05, 0.1) is 0 Å². The van der Waals surface area contributed by atoms with Crippen molar-refractivity contribution in [2.75, 3.05) is 18.1 Å². The second kappa shape index (κ2) is 13.4. The molecule has 2 heterocycles. The molecule has 3 amide bonds. The summed E-state index contributed by atoms with van der Waals surface area (Å²) in [5, 5.41) is 7.73. The Hall–Kier alpha value is -2.27. The van der Waals surface area contributed by atoms with E-state index < -0.39 is 48.3 Å². The number of Topliss-reactive ketones (excluding diaryl/α,β-unsaturated/α-hetero) is 1. The monoisotopic (exact) mass is 497 g/mol. The van der Waals surface area contributed by atoms with Crippen molar-refractivity contribution in [3.63, 3.8) is 0 Å². The fraction of sp³-hybridized carbons (Fsp3) is 0.591. The first-order valence-corrected chi connectivity index (χ1v) is 13.4. The van der Waals surface area contributed by atoms with Gasteiger partial charge in [-0.25, -0.2) is 0 Å². The maximum Gasteiger partial charge on any atom is 0.326 e. The summed E-state index contributed by atoms with van der Waals surface area (Å²) in [6.45, 7) is 4.84. The van der Waals surface area contributed by atoms with Crippen LogP contribution in [0.1, 0.15) is 40.0 Å². The molecule has 2 aliphatic rings. The molecule has 0 aliphatic carbocycles. The van der Waals surface area contributed by atoms with Crippen molar-refractivity contribution in [1.29, 1.82) is 0 Å². The van der Waals surface area contributed by atoms with Crippen molar-refractivity contribution in [1.82, 2.24) is 16.0 Å². The van der Waals surface area contributed by atoms with Gasteiger partial charge in [-0.15, -0.1) is 0 Å². The van der Waals surface area contributed by atoms with Crippen LogP contribution >= 0.6 is 21.6 Å². The summed E-state index contributed by atoms with van der Waals surface area (Å²) in [7, 11) is 2.98. The van der Waals surface area contributed by atoms with Crippen LogP contribution in [-0.2, 0) is 28.7 Å². The van der Waals surface area contributed by atoms with Gasteiger partial charge in [0.1, 0.15) is 30.2 Å². The topological polar surface area (TPSA) is 131 Å². The number of esters is 1. The lowest BCUT2D eigenvalue weighted by molar-refractivity contribution is -0.148. The Morgan fingerprint density at radius 1 is 1.09 bits per heavy atom. The Bertz CT molecular complexity index is 827. The molecule has 2 rings (SSSR count). The predicted molar refractivity (Wildman–Crippen MR) is 128 cm³/mol. The first-order valence-electron chi connectivity index (χ1n) is 10.9. The molecule has 0 saturated carbocycles. The number of fused-ring (bicyclic) bond motifs is 7. The number of rotatable bonds is 1. The number of ether oxygens (including phenoxy) is 1. The van der Waals surface area contributed by atoms with Gasteiger partial charge in [-0.2, -0.15) is 0 Å². The van der Waals surface area contributed by atoms with E-state index in [9.17, 15) is 24.0 Å². The van der Waals surface area contributed by atoms with Crippen molar-refractivity contribution in [3.05, 3.63) is 23.9 Å². The summed E-state index contributed by atoms with van der Waals surface area (Å²) in [5.74, 6) is -2.32. The van der Waals surface area contributed by atoms with Gasteiger partial charge in [0.25, 0.3) is 5.91 Å². The highest BCUT2D eigenvalue weighted by atomic mass is 33.1. The van der Waals surface area contributed by atoms with Crippen LogP contribution in [0, 0.1) is 11.8 Å². The van der Waals surface area contributed by atoms with E-state index in [1.165, 1.54) is 27.7 Å². The van der Waals surface area contributed by atoms with Crippen LogP contribution in [0.3, 0.4) is 0 Å². The average Bonchev–Trinajstić information content (AvgIpc) is 2.76. The lowest BCUT2D eigenvalue weighted by Gasteiger charge is -2.25. The molecule has 3 atom stereocenters. The third-order valence-electron chi connectivity index (χ3n) is 5.15. The van der Waals surface area contributed by atoms with Crippen LogP contribution in [-0.4, -0.2) is 59.7 Å². The summed E-state index contributed by atoms with van der Waals surface area (Å²) in [5.41, 5.74) is -0.0341. The maximum absolute atomic E-state index is 13.1. The van der Waals surface area contributed by atoms with Gasteiger partial charge in [-0.1, -0.05) is 47.6 Å². The molecule has 9 nitrogen and oxygen atoms in total. The number of amides is 3. The predicted octanol–water partition coefficient (Wildman–Crippen LogP) is 1.50. The molecular weight excluding hydrogens is 466 g/mol. The van der Waals surface area contributed by atoms with Crippen LogP contribution in [0.25, 0.3) is 0 Å². The fourth-order valence-electron chi connectivity index (χ4n) is 3.27. The fourth-order valence-corrected chi connectivity index (χ4v) is 5.43. The number of hydrogen-bond donors (Lipinski definition) is 3. The lowest BCUT2D eigenvalue weighted by Crippen LogP contribution is -2.51. The van der Waals surface area contributed by atoms with E-state index in [-0.39, 0.29) is 36.0 Å². The van der Waals surface area contributed by atoms with Crippen LogP contribution < -0.4 is 16.0 Å². The molecule has 182 valence electrons. The Morgan fingerprint density at radius 2 is 1.85 bits per heavy atom. The second-order valence-corrected chi connectivity index (χ2v) is 10.7. The molecule has 0 aromatic heterocycles. The lowest BCUT2D eigenvalue weighted by atomic mass is 9.88. The first-order chi connectivity index (χ1) is 15.7. The summed E-state index contributed by atoms with van der Waals surface area (Å²) in [6.07, 6.45) is 4.73. The number of carbonyl (C=O) groups is 5. The molecule has 1 saturated heterocycles. The minimum atomic E-state index is -0.902. The summed E-state index contributed by atoms with van der Waals surface area (Å²) >= 11 is 0. The SMILES string of the molecule is C/C=C1\NC(=O)[C@H]2CSSCC/C=C/C(CC(=O)C[C@H](C(C)C)C(=O)N2)OC(=O)CNC1=O. The van der Waals surface area contributed by atoms with Crippen molar-refractivity contribution < 1.29 is 28.7 Å². The van der Waals surface area contributed by atoms with Crippen LogP contribution in [0.5, 0.6) is 0 Å². The number of ketones is 1. The highest BCUT2D eigenvalue weighted by Crippen LogP contribution is 2.25. The standard InChI is InChI=1S/C22H31N3O6S2/c1-4-17-21(29)23-11-19(27)31-15-7-5-6-8-32-33-12-18(22(30)24-17)25-20(28)16(13(2)3)10-14(26)9-15/h4-5,7,13,15-16,18H,6,8-12H2,1-3H3,(H,23,29)(H,24,30)(H,25,28)/b7-5+,17-4-/t15?,16-,18-/m1/s1. The summed E-state index contributed by atoms with van der Waals surface area (Å²) in [6, 6.07) is -0.902. The van der Waals surface area contributed by atoms with Crippen molar-refractivity contribution in [2.24, 2.45) is 11.8 Å². The van der Waals surface area contributed by atoms with Gasteiger partial charge < -0.3 is 20.7 Å². The molecule has 0 aromatic rings. The third kappa shape index (κ3) is 8.88. The zero-order valence-corrected chi connectivity index (χ0v) is 20.7. The van der Waals surface area contributed by atoms with E-state index in [4.69, 9.17) is 4.74 Å². The van der Waals surface area contributed by atoms with Gasteiger partial charge >= 0.3 is 5.97 Å². The Morgan fingerprint density at radius 3 is 2.55 bits per heavy atom. The zero-order valence-electron chi connectivity index (χ0n) is 19.1. The van der Waals surface area contributed by atoms with E-state index >= 15 is 0 Å². The van der Waals surface area contributed by atoms with Crippen LogP contribution in [0.15, 0.2) is 23.9 Å². The van der Waals surface area contributed by atoms with E-state index in [1.807, 2.05) is 19.9 Å². The minimum absolute atomic E-state index is 0.0293. The average molecular weight is 498 g/mol. The van der Waals surface area contributed by atoms with Gasteiger partial charge in [-0.05, 0) is 25.3 Å². The smallest absolute Gasteiger partial charge is 0.326 e. The van der Waals surface area contributed by atoms with E-state index in [2.05, 4.69) is 16.0 Å². The Kier molecular flexibility index (Phi) is 11.0. The molecule has 0 spiro atoms. The normalized spacial score (nSPS) is 29.0. The third-order valence-corrected chi connectivity index (χ3v) is 7.60. The van der Waals surface area contributed by atoms with Crippen molar-refractivity contribution >= 4 is 51.1 Å². The van der Waals surface area contributed by atoms with Crippen LogP contribution in [0.2, 0.25) is 0 Å². The summed E-state index contributed by atoms with van der Waals surface area (Å²) < 4.78 is 5.42. The molecular formula is C22H31N3O6S2. The van der Waals surface area contributed by atoms with Gasteiger partial charge in [-0.3, -0.25) is 24.0 Å². The molecule has 1 fully saturated rings. The molecule has 11 heteroatoms. The largest absolute Gasteiger partial charge is 0.456 e. The van der Waals surface area contributed by atoms with Gasteiger partial charge in [0.15, 0.2) is 0 Å². The number of nitrogens with one attached hydrogen (secondary N) is 3. The number of allylic oxidation sites excluding steroid dienone is 2. The maximum atomic E-state index is 13.1. The molecule has 2 bridgehead atoms. The molecule has 1 unspecified atom stereocenters. The van der Waals surface area contributed by atoms with Crippen molar-refractivity contribution in [2.45, 2.75) is 52.2 Å². The number of carbonyl (C=O) groups excluding carboxylic acids is 5. The quantitative estimate of drug-likeness (QED) is 0.215. The molecule has 3 N–H and O–H groups in total. The van der Waals surface area contributed by atoms with E-state index in [0.29, 0.717) is 6.42 Å². The molecule has 33 heavy (non-hydrogen) atoms. The number of hydrogen-bond acceptors (Lipinski definition) is 8. The minimum Gasteiger partial charge on any atom is -0.456 e. The summed E-state index contributed by atoms with van der Waals surface area (Å²) in [4.78, 5) is 63.6. The van der Waals surface area contributed by atoms with Gasteiger partial charge in [0, 0.05) is 30.3 Å². The zero-order chi connectivity index (χ0) is 24.4. The van der Waals surface area contributed by atoms with Gasteiger partial charge in [0.2, 0.25) is 11.8 Å². The second-order valence-electron chi connectivity index (χ2n) is 8.08. The highest BCUT2D eigenvalue weighted by molar-refractivity contribution is 8.76.